The molecule has 0 aromatic heterocycles. The zero-order chi connectivity index (χ0) is 15.4. The molecule has 1 atom stereocenters. The van der Waals surface area contributed by atoms with Crippen LogP contribution in [-0.4, -0.2) is 28.5 Å². The maximum absolute atomic E-state index is 11.5. The highest BCUT2D eigenvalue weighted by atomic mass is 16.5. The summed E-state index contributed by atoms with van der Waals surface area (Å²) in [6.07, 6.45) is 0.779. The van der Waals surface area contributed by atoms with Gasteiger partial charge in [-0.25, -0.2) is 4.79 Å². The van der Waals surface area contributed by atoms with Gasteiger partial charge in [-0.3, -0.25) is 0 Å². The van der Waals surface area contributed by atoms with Gasteiger partial charge in [-0.15, -0.1) is 0 Å². The average molecular weight is 267 g/mol. The lowest BCUT2D eigenvalue weighted by atomic mass is 9.94. The van der Waals surface area contributed by atoms with Crippen LogP contribution in [0.2, 0.25) is 0 Å². The lowest BCUT2D eigenvalue weighted by molar-refractivity contribution is -0.155. The highest BCUT2D eigenvalue weighted by Gasteiger charge is 2.31. The Morgan fingerprint density at radius 1 is 1.26 bits per heavy atom. The molecule has 19 heavy (non-hydrogen) atoms. The molecule has 0 radical (unpaired) electrons. The number of ether oxygens (including phenoxy) is 1. The molecule has 0 saturated carbocycles. The van der Waals surface area contributed by atoms with Crippen LogP contribution >= 0.6 is 0 Å². The quantitative estimate of drug-likeness (QED) is 0.591. The highest BCUT2D eigenvalue weighted by molar-refractivity contribution is 6.02. The van der Waals surface area contributed by atoms with Crippen LogP contribution in [0, 0.1) is 5.41 Å². The maximum atomic E-state index is 11.5. The predicted octanol–water partition coefficient (Wildman–Crippen LogP) is 3.58. The first-order valence-corrected chi connectivity index (χ1v) is 6.31. The summed E-state index contributed by atoms with van der Waals surface area (Å²) in [7, 11) is 0. The van der Waals surface area contributed by atoms with Gasteiger partial charge in [0.05, 0.1) is 5.60 Å². The molecule has 2 N–H and O–H groups in total. The van der Waals surface area contributed by atoms with Crippen molar-refractivity contribution < 1.29 is 14.6 Å². The Kier molecular flexibility index (Phi) is 6.16. The highest BCUT2D eigenvalue weighted by Crippen LogP contribution is 2.24. The molecule has 0 bridgehead atoms. The van der Waals surface area contributed by atoms with Crippen molar-refractivity contribution in [2.24, 2.45) is 0 Å². The Bertz CT molecular complexity index is 425. The number of hydrogen-bond donors (Lipinski definition) is 2. The Labute approximate surface area is 115 Å². The van der Waals surface area contributed by atoms with E-state index < -0.39 is 17.7 Å². The van der Waals surface area contributed by atoms with Gasteiger partial charge in [0.25, 0.3) is 0 Å². The number of carbonyl (C=O) groups is 1. The van der Waals surface area contributed by atoms with Crippen LogP contribution in [-0.2, 0) is 9.53 Å². The van der Waals surface area contributed by atoms with Gasteiger partial charge in [-0.05, 0) is 54.0 Å². The number of carboxylic acid groups (broad SMARTS) is 1. The van der Waals surface area contributed by atoms with Crippen LogP contribution in [0.25, 0.3) is 0 Å². The van der Waals surface area contributed by atoms with Crippen molar-refractivity contribution in [3.05, 3.63) is 22.8 Å². The lowest BCUT2D eigenvalue weighted by Gasteiger charge is -2.27. The summed E-state index contributed by atoms with van der Waals surface area (Å²) in [6, 6.07) is 0. The summed E-state index contributed by atoms with van der Waals surface area (Å²) in [6.45, 7) is 12.6. The molecule has 0 aromatic rings. The third kappa shape index (κ3) is 5.39. The van der Waals surface area contributed by atoms with Gasteiger partial charge in [-0.1, -0.05) is 11.6 Å². The van der Waals surface area contributed by atoms with Crippen LogP contribution in [0.15, 0.2) is 22.8 Å². The minimum Gasteiger partial charge on any atom is -0.479 e. The fourth-order valence-electron chi connectivity index (χ4n) is 1.69. The van der Waals surface area contributed by atoms with Crippen LogP contribution in [0.3, 0.4) is 0 Å². The SMILES string of the molecule is C/C=C(C)/C(C)=C(/C(C)=N)C(OC(C)(C)C)C(=O)O. The summed E-state index contributed by atoms with van der Waals surface area (Å²) in [4.78, 5) is 11.5. The average Bonchev–Trinajstić information content (AvgIpc) is 2.24. The molecule has 0 aliphatic carbocycles. The maximum Gasteiger partial charge on any atom is 0.337 e. The largest absolute Gasteiger partial charge is 0.479 e. The van der Waals surface area contributed by atoms with E-state index in [0.29, 0.717) is 5.57 Å². The molecule has 0 amide bonds. The Balaban J connectivity index is 5.83. The van der Waals surface area contributed by atoms with E-state index in [1.807, 2.05) is 26.8 Å². The second kappa shape index (κ2) is 6.66. The number of allylic oxidation sites excluding steroid dienone is 3. The first kappa shape index (κ1) is 17.6. The summed E-state index contributed by atoms with van der Waals surface area (Å²) in [5.74, 6) is -1.07. The van der Waals surface area contributed by atoms with E-state index >= 15 is 0 Å². The Morgan fingerprint density at radius 2 is 1.74 bits per heavy atom. The summed E-state index contributed by atoms with van der Waals surface area (Å²) < 4.78 is 5.61. The molecule has 108 valence electrons. The number of aliphatic carboxylic acids is 1. The number of hydrogen-bond acceptors (Lipinski definition) is 3. The van der Waals surface area contributed by atoms with Gasteiger partial charge >= 0.3 is 5.97 Å². The fraction of sp³-hybridized carbons (Fsp3) is 0.600. The van der Waals surface area contributed by atoms with E-state index in [1.54, 1.807) is 27.7 Å². The minimum atomic E-state index is -1.12. The normalized spacial score (nSPS) is 15.8. The van der Waals surface area contributed by atoms with E-state index in [1.165, 1.54) is 0 Å². The van der Waals surface area contributed by atoms with E-state index in [2.05, 4.69) is 0 Å². The number of carboxylic acids is 1. The van der Waals surface area contributed by atoms with Crippen LogP contribution < -0.4 is 0 Å². The molecule has 4 heteroatoms. The summed E-state index contributed by atoms with van der Waals surface area (Å²) in [5, 5.41) is 17.2. The molecular formula is C15H25NO3. The zero-order valence-corrected chi connectivity index (χ0v) is 12.9. The second-order valence-corrected chi connectivity index (χ2v) is 5.58. The Morgan fingerprint density at radius 3 is 2.00 bits per heavy atom. The second-order valence-electron chi connectivity index (χ2n) is 5.58. The van der Waals surface area contributed by atoms with Crippen molar-refractivity contribution in [1.82, 2.24) is 0 Å². The smallest absolute Gasteiger partial charge is 0.337 e. The molecule has 0 fully saturated rings. The molecule has 0 spiro atoms. The minimum absolute atomic E-state index is 0.218. The molecule has 4 nitrogen and oxygen atoms in total. The molecular weight excluding hydrogens is 242 g/mol. The van der Waals surface area contributed by atoms with Crippen molar-refractivity contribution >= 4 is 11.7 Å². The van der Waals surface area contributed by atoms with Gasteiger partial charge in [0.15, 0.2) is 6.10 Å². The van der Waals surface area contributed by atoms with Crippen molar-refractivity contribution in [3.63, 3.8) is 0 Å². The third-order valence-electron chi connectivity index (χ3n) is 2.79. The van der Waals surface area contributed by atoms with Gasteiger partial charge in [-0.2, -0.15) is 0 Å². The van der Waals surface area contributed by atoms with Crippen LogP contribution in [0.1, 0.15) is 48.5 Å². The van der Waals surface area contributed by atoms with Crippen molar-refractivity contribution in [2.45, 2.75) is 60.2 Å². The number of rotatable bonds is 5. The molecule has 0 aliphatic heterocycles. The van der Waals surface area contributed by atoms with Crippen molar-refractivity contribution in [2.75, 3.05) is 0 Å². The Hall–Kier alpha value is -1.42. The van der Waals surface area contributed by atoms with Gasteiger partial charge < -0.3 is 15.3 Å². The molecule has 0 saturated heterocycles. The molecule has 0 rings (SSSR count). The van der Waals surface area contributed by atoms with Crippen LogP contribution in [0.4, 0.5) is 0 Å². The first-order valence-electron chi connectivity index (χ1n) is 6.31. The van der Waals surface area contributed by atoms with Crippen molar-refractivity contribution in [3.8, 4) is 0 Å². The van der Waals surface area contributed by atoms with Gasteiger partial charge in [0.2, 0.25) is 0 Å². The molecule has 1 unspecified atom stereocenters. The van der Waals surface area contributed by atoms with E-state index in [9.17, 15) is 9.90 Å². The van der Waals surface area contributed by atoms with Crippen LogP contribution in [0.5, 0.6) is 0 Å². The van der Waals surface area contributed by atoms with Crippen molar-refractivity contribution in [1.29, 1.82) is 5.41 Å². The van der Waals surface area contributed by atoms with Gasteiger partial charge in [0, 0.05) is 11.3 Å². The fourth-order valence-corrected chi connectivity index (χ4v) is 1.69. The predicted molar refractivity (Wildman–Crippen MR) is 77.8 cm³/mol. The topological polar surface area (TPSA) is 70.4 Å². The van der Waals surface area contributed by atoms with E-state index in [0.717, 1.165) is 11.1 Å². The molecule has 0 aromatic carbocycles. The summed E-state index contributed by atoms with van der Waals surface area (Å²) in [5.41, 5.74) is 1.79. The number of nitrogens with one attached hydrogen (secondary N) is 1. The first-order chi connectivity index (χ1) is 8.51. The standard InChI is InChI=1S/C15H25NO3/c1-8-9(2)10(3)12(11(4)16)13(14(17)18)19-15(5,6)7/h8,13,16H,1-7H3,(H,17,18)/b9-8+,12-10-,16-11?. The van der Waals surface area contributed by atoms with Gasteiger partial charge in [0.1, 0.15) is 0 Å². The monoisotopic (exact) mass is 267 g/mol. The van der Waals surface area contributed by atoms with E-state index in [-0.39, 0.29) is 5.71 Å². The molecule has 0 heterocycles. The third-order valence-corrected chi connectivity index (χ3v) is 2.79. The van der Waals surface area contributed by atoms with E-state index in [4.69, 9.17) is 10.1 Å². The summed E-state index contributed by atoms with van der Waals surface area (Å²) >= 11 is 0. The molecule has 0 aliphatic rings. The zero-order valence-electron chi connectivity index (χ0n) is 12.9. The lowest BCUT2D eigenvalue weighted by Crippen LogP contribution is -2.37.